The van der Waals surface area contributed by atoms with Gasteiger partial charge in [0.15, 0.2) is 0 Å². The summed E-state index contributed by atoms with van der Waals surface area (Å²) in [5.74, 6) is 0. The van der Waals surface area contributed by atoms with E-state index in [0.29, 0.717) is 5.69 Å². The van der Waals surface area contributed by atoms with Gasteiger partial charge in [-0.05, 0) is 42.3 Å². The standard InChI is InChI=1S/C16H18BrN3O/c1-2-15(11-6-8-12(17)9-7-11)19-13-4-3-5-14(10-13)20-16(18)21/h3-10,15,19H,2H2,1H3,(H3,18,20,21). The Morgan fingerprint density at radius 1 is 1.19 bits per heavy atom. The molecule has 2 amide bonds. The predicted molar refractivity (Wildman–Crippen MR) is 90.4 cm³/mol. The minimum atomic E-state index is -0.563. The van der Waals surface area contributed by atoms with Crippen molar-refractivity contribution in [2.24, 2.45) is 5.73 Å². The molecule has 2 aromatic rings. The van der Waals surface area contributed by atoms with Crippen molar-refractivity contribution in [2.45, 2.75) is 19.4 Å². The van der Waals surface area contributed by atoms with E-state index in [-0.39, 0.29) is 6.04 Å². The lowest BCUT2D eigenvalue weighted by atomic mass is 10.0. The van der Waals surface area contributed by atoms with E-state index in [0.717, 1.165) is 16.6 Å². The van der Waals surface area contributed by atoms with Crippen molar-refractivity contribution in [3.05, 3.63) is 58.6 Å². The van der Waals surface area contributed by atoms with Crippen molar-refractivity contribution in [1.29, 1.82) is 0 Å². The summed E-state index contributed by atoms with van der Waals surface area (Å²) in [7, 11) is 0. The van der Waals surface area contributed by atoms with Crippen molar-refractivity contribution in [2.75, 3.05) is 10.6 Å². The second kappa shape index (κ2) is 7.13. The van der Waals surface area contributed by atoms with E-state index in [1.807, 2.05) is 30.3 Å². The molecule has 0 aliphatic carbocycles. The fraction of sp³-hybridized carbons (Fsp3) is 0.188. The Morgan fingerprint density at radius 3 is 2.48 bits per heavy atom. The summed E-state index contributed by atoms with van der Waals surface area (Å²) in [5, 5.41) is 6.05. The number of hydrogen-bond acceptors (Lipinski definition) is 2. The number of halogens is 1. The van der Waals surface area contributed by atoms with Crippen LogP contribution in [0, 0.1) is 0 Å². The average molecular weight is 348 g/mol. The molecule has 0 aliphatic rings. The van der Waals surface area contributed by atoms with E-state index in [2.05, 4.69) is 45.6 Å². The highest BCUT2D eigenvalue weighted by molar-refractivity contribution is 9.10. The van der Waals surface area contributed by atoms with Crippen LogP contribution in [-0.2, 0) is 0 Å². The summed E-state index contributed by atoms with van der Waals surface area (Å²) in [6, 6.07) is 15.4. The number of benzene rings is 2. The van der Waals surface area contributed by atoms with Gasteiger partial charge in [-0.2, -0.15) is 0 Å². The lowest BCUT2D eigenvalue weighted by Crippen LogP contribution is -2.19. The van der Waals surface area contributed by atoms with Crippen LogP contribution in [0.4, 0.5) is 16.2 Å². The molecule has 0 heterocycles. The number of hydrogen-bond donors (Lipinski definition) is 3. The number of rotatable bonds is 5. The summed E-state index contributed by atoms with van der Waals surface area (Å²) in [6.07, 6.45) is 0.953. The molecule has 0 aromatic heterocycles. The summed E-state index contributed by atoms with van der Waals surface area (Å²) in [4.78, 5) is 10.9. The quantitative estimate of drug-likeness (QED) is 0.745. The van der Waals surface area contributed by atoms with Gasteiger partial charge in [0.2, 0.25) is 0 Å². The summed E-state index contributed by atoms with van der Waals surface area (Å²) >= 11 is 3.44. The highest BCUT2D eigenvalue weighted by Gasteiger charge is 2.09. The highest BCUT2D eigenvalue weighted by Crippen LogP contribution is 2.25. The normalized spacial score (nSPS) is 11.7. The van der Waals surface area contributed by atoms with Crippen molar-refractivity contribution < 1.29 is 4.79 Å². The molecule has 4 nitrogen and oxygen atoms in total. The van der Waals surface area contributed by atoms with Crippen LogP contribution >= 0.6 is 15.9 Å². The monoisotopic (exact) mass is 347 g/mol. The van der Waals surface area contributed by atoms with Crippen LogP contribution in [0.2, 0.25) is 0 Å². The Bertz CT molecular complexity index is 613. The van der Waals surface area contributed by atoms with Crippen LogP contribution in [0.1, 0.15) is 24.9 Å². The topological polar surface area (TPSA) is 67.2 Å². The van der Waals surface area contributed by atoms with Gasteiger partial charge in [0.05, 0.1) is 6.04 Å². The van der Waals surface area contributed by atoms with Gasteiger partial charge in [0.1, 0.15) is 0 Å². The number of carbonyl (C=O) groups excluding carboxylic acids is 1. The number of carbonyl (C=O) groups is 1. The molecule has 0 fully saturated rings. The summed E-state index contributed by atoms with van der Waals surface area (Å²) < 4.78 is 1.06. The number of primary amides is 1. The zero-order valence-electron chi connectivity index (χ0n) is 11.8. The molecule has 0 radical (unpaired) electrons. The van der Waals surface area contributed by atoms with E-state index in [1.165, 1.54) is 5.56 Å². The largest absolute Gasteiger partial charge is 0.378 e. The third-order valence-corrected chi connectivity index (χ3v) is 3.68. The fourth-order valence-electron chi connectivity index (χ4n) is 2.15. The first-order valence-electron chi connectivity index (χ1n) is 6.77. The smallest absolute Gasteiger partial charge is 0.316 e. The molecule has 110 valence electrons. The van der Waals surface area contributed by atoms with Gasteiger partial charge >= 0.3 is 6.03 Å². The first-order chi connectivity index (χ1) is 10.1. The van der Waals surface area contributed by atoms with Crippen LogP contribution in [0.3, 0.4) is 0 Å². The van der Waals surface area contributed by atoms with Gasteiger partial charge in [-0.1, -0.05) is 41.1 Å². The summed E-state index contributed by atoms with van der Waals surface area (Å²) in [5.41, 5.74) is 7.97. The van der Waals surface area contributed by atoms with Gasteiger partial charge in [-0.15, -0.1) is 0 Å². The highest BCUT2D eigenvalue weighted by atomic mass is 79.9. The van der Waals surface area contributed by atoms with Gasteiger partial charge in [-0.25, -0.2) is 4.79 Å². The maximum atomic E-state index is 10.9. The molecule has 1 unspecified atom stereocenters. The first kappa shape index (κ1) is 15.4. The molecular weight excluding hydrogens is 330 g/mol. The molecule has 2 rings (SSSR count). The molecule has 0 bridgehead atoms. The Labute approximate surface area is 132 Å². The molecule has 21 heavy (non-hydrogen) atoms. The molecule has 0 aliphatic heterocycles. The maximum Gasteiger partial charge on any atom is 0.316 e. The molecule has 0 saturated carbocycles. The molecule has 1 atom stereocenters. The van der Waals surface area contributed by atoms with Crippen LogP contribution in [-0.4, -0.2) is 6.03 Å². The van der Waals surface area contributed by atoms with Crippen LogP contribution < -0.4 is 16.4 Å². The van der Waals surface area contributed by atoms with Crippen LogP contribution in [0.15, 0.2) is 53.0 Å². The maximum absolute atomic E-state index is 10.9. The first-order valence-corrected chi connectivity index (χ1v) is 7.56. The molecular formula is C16H18BrN3O. The van der Waals surface area contributed by atoms with Gasteiger partial charge in [-0.3, -0.25) is 0 Å². The fourth-order valence-corrected chi connectivity index (χ4v) is 2.41. The van der Waals surface area contributed by atoms with Gasteiger partial charge in [0.25, 0.3) is 0 Å². The van der Waals surface area contributed by atoms with Crippen LogP contribution in [0.5, 0.6) is 0 Å². The van der Waals surface area contributed by atoms with Gasteiger partial charge < -0.3 is 16.4 Å². The molecule has 4 N–H and O–H groups in total. The number of nitrogens with two attached hydrogens (primary N) is 1. The summed E-state index contributed by atoms with van der Waals surface area (Å²) in [6.45, 7) is 2.13. The van der Waals surface area contributed by atoms with E-state index >= 15 is 0 Å². The van der Waals surface area contributed by atoms with Crippen molar-refractivity contribution in [3.8, 4) is 0 Å². The SMILES string of the molecule is CCC(Nc1cccc(NC(N)=O)c1)c1ccc(Br)cc1. The van der Waals surface area contributed by atoms with E-state index in [4.69, 9.17) is 5.73 Å². The van der Waals surface area contributed by atoms with Crippen LogP contribution in [0.25, 0.3) is 0 Å². The number of anilines is 2. The Morgan fingerprint density at radius 2 is 1.86 bits per heavy atom. The zero-order valence-corrected chi connectivity index (χ0v) is 13.4. The minimum Gasteiger partial charge on any atom is -0.378 e. The second-order valence-corrected chi connectivity index (χ2v) is 5.64. The lowest BCUT2D eigenvalue weighted by molar-refractivity contribution is 0.259. The van der Waals surface area contributed by atoms with Crippen molar-refractivity contribution in [3.63, 3.8) is 0 Å². The van der Waals surface area contributed by atoms with E-state index in [9.17, 15) is 4.79 Å². The van der Waals surface area contributed by atoms with Crippen molar-refractivity contribution >= 4 is 33.3 Å². The molecule has 0 saturated heterocycles. The van der Waals surface area contributed by atoms with Crippen molar-refractivity contribution in [1.82, 2.24) is 0 Å². The average Bonchev–Trinajstić information content (AvgIpc) is 2.45. The number of urea groups is 1. The molecule has 0 spiro atoms. The molecule has 5 heteroatoms. The minimum absolute atomic E-state index is 0.210. The lowest BCUT2D eigenvalue weighted by Gasteiger charge is -2.19. The van der Waals surface area contributed by atoms with Gasteiger partial charge in [0, 0.05) is 15.8 Å². The third kappa shape index (κ3) is 4.49. The second-order valence-electron chi connectivity index (χ2n) is 4.73. The number of amides is 2. The molecule has 2 aromatic carbocycles. The third-order valence-electron chi connectivity index (χ3n) is 3.15. The Kier molecular flexibility index (Phi) is 5.22. The predicted octanol–water partition coefficient (Wildman–Crippen LogP) is 4.50. The Balaban J connectivity index is 2.14. The Hall–Kier alpha value is -2.01. The van der Waals surface area contributed by atoms with E-state index in [1.54, 1.807) is 6.07 Å². The zero-order chi connectivity index (χ0) is 15.2. The van der Waals surface area contributed by atoms with E-state index < -0.39 is 6.03 Å². The number of nitrogens with one attached hydrogen (secondary N) is 2.